The molecule has 1 saturated heterocycles. The first-order valence-corrected chi connectivity index (χ1v) is 13.2. The maximum absolute atomic E-state index is 11.0. The lowest BCUT2D eigenvalue weighted by molar-refractivity contribution is -0.0184. The summed E-state index contributed by atoms with van der Waals surface area (Å²) in [6, 6.07) is 5.04. The maximum atomic E-state index is 11.0. The second-order valence-electron chi connectivity index (χ2n) is 11.8. The Morgan fingerprint density at radius 3 is 2.75 bits per heavy atom. The first kappa shape index (κ1) is 22.6. The molecule has 8 atom stereocenters. The largest absolute Gasteiger partial charge is 0.393 e. The van der Waals surface area contributed by atoms with Crippen LogP contribution in [0.1, 0.15) is 93.9 Å². The summed E-state index contributed by atoms with van der Waals surface area (Å²) >= 11 is 0. The average molecular weight is 438 g/mol. The smallest absolute Gasteiger partial charge is 0.0704 e. The fourth-order valence-corrected chi connectivity index (χ4v) is 8.24. The van der Waals surface area contributed by atoms with Gasteiger partial charge in [0.05, 0.1) is 12.2 Å². The molecular weight excluding hydrogens is 394 g/mol. The van der Waals surface area contributed by atoms with Crippen molar-refractivity contribution >= 4 is 0 Å². The van der Waals surface area contributed by atoms with Crippen LogP contribution >= 0.6 is 0 Å². The van der Waals surface area contributed by atoms with Crippen molar-refractivity contribution in [3.05, 3.63) is 46.0 Å². The molecule has 1 aliphatic heterocycles. The van der Waals surface area contributed by atoms with Gasteiger partial charge in [0.25, 0.3) is 0 Å². The Bertz CT molecular complexity index is 907. The fraction of sp³-hybridized carbons (Fsp3) is 0.724. The third-order valence-corrected chi connectivity index (χ3v) is 10.0. The summed E-state index contributed by atoms with van der Waals surface area (Å²) in [4.78, 5) is 2.51. The molecule has 1 saturated carbocycles. The van der Waals surface area contributed by atoms with Crippen LogP contribution in [0.15, 0.2) is 23.8 Å². The van der Waals surface area contributed by atoms with Crippen molar-refractivity contribution in [3.63, 3.8) is 0 Å². The number of hydrogen-bond acceptors (Lipinski definition) is 3. The Morgan fingerprint density at radius 1 is 1.22 bits per heavy atom. The van der Waals surface area contributed by atoms with E-state index in [1.807, 2.05) is 0 Å². The summed E-state index contributed by atoms with van der Waals surface area (Å²) in [6.45, 7) is 13.8. The number of rotatable bonds is 3. The van der Waals surface area contributed by atoms with Gasteiger partial charge in [-0.1, -0.05) is 51.5 Å². The van der Waals surface area contributed by atoms with E-state index in [1.165, 1.54) is 23.1 Å². The molecular formula is C29H43NO2. The van der Waals surface area contributed by atoms with Gasteiger partial charge >= 0.3 is 0 Å². The van der Waals surface area contributed by atoms with Gasteiger partial charge in [0.1, 0.15) is 0 Å². The molecule has 176 valence electrons. The Labute approximate surface area is 194 Å². The number of allylic oxidation sites excluding steroid dienone is 1. The predicted molar refractivity (Wildman–Crippen MR) is 131 cm³/mol. The number of fused-ring (bicyclic) bond motifs is 5. The highest BCUT2D eigenvalue weighted by molar-refractivity contribution is 5.50. The van der Waals surface area contributed by atoms with Crippen molar-refractivity contribution in [1.29, 1.82) is 0 Å². The quantitative estimate of drug-likeness (QED) is 0.629. The predicted octanol–water partition coefficient (Wildman–Crippen LogP) is 5.33. The summed E-state index contributed by atoms with van der Waals surface area (Å²) in [5.74, 6) is 2.20. The Hall–Kier alpha value is -1.16. The molecule has 0 bridgehead atoms. The standard InChI is InChI=1S/C29H43NO2/c1-6-30-16-17(2)13-27(32)28(30)19(4)22-9-10-23-24-8-7-20-14-21(31)11-12-29(20,5)26(24)15-25(23)18(22)3/h7,9-10,17,19,21,24,26-28,31-32H,6,8,11-16H2,1-5H3. The molecule has 3 heteroatoms. The van der Waals surface area contributed by atoms with E-state index < -0.39 is 0 Å². The molecule has 32 heavy (non-hydrogen) atoms. The second kappa shape index (κ2) is 8.25. The highest BCUT2D eigenvalue weighted by atomic mass is 16.3. The summed E-state index contributed by atoms with van der Waals surface area (Å²) < 4.78 is 0. The lowest BCUT2D eigenvalue weighted by Crippen LogP contribution is -2.53. The highest BCUT2D eigenvalue weighted by Gasteiger charge is 2.50. The first-order chi connectivity index (χ1) is 15.2. The van der Waals surface area contributed by atoms with Crippen molar-refractivity contribution < 1.29 is 10.2 Å². The number of hydrogen-bond donors (Lipinski definition) is 2. The molecule has 1 aromatic carbocycles. The topological polar surface area (TPSA) is 43.7 Å². The zero-order valence-electron chi connectivity index (χ0n) is 20.8. The lowest BCUT2D eigenvalue weighted by Gasteiger charge is -2.48. The van der Waals surface area contributed by atoms with Crippen LogP contribution in [0, 0.1) is 24.2 Å². The maximum Gasteiger partial charge on any atom is 0.0704 e. The van der Waals surface area contributed by atoms with Crippen LogP contribution in [0.2, 0.25) is 0 Å². The summed E-state index contributed by atoms with van der Waals surface area (Å²) in [6.07, 6.45) is 8.25. The minimum absolute atomic E-state index is 0.144. The molecule has 4 aliphatic rings. The van der Waals surface area contributed by atoms with Crippen LogP contribution < -0.4 is 0 Å². The molecule has 5 rings (SSSR count). The second-order valence-corrected chi connectivity index (χ2v) is 11.8. The van der Waals surface area contributed by atoms with Crippen LogP contribution in [-0.4, -0.2) is 46.5 Å². The zero-order chi connectivity index (χ0) is 22.8. The van der Waals surface area contributed by atoms with E-state index in [4.69, 9.17) is 0 Å². The number of benzene rings is 1. The van der Waals surface area contributed by atoms with Gasteiger partial charge in [-0.3, -0.25) is 4.90 Å². The van der Waals surface area contributed by atoms with E-state index in [-0.39, 0.29) is 23.7 Å². The number of piperidine rings is 1. The van der Waals surface area contributed by atoms with Gasteiger partial charge in [-0.15, -0.1) is 0 Å². The molecule has 3 nitrogen and oxygen atoms in total. The van der Waals surface area contributed by atoms with Crippen molar-refractivity contribution in [1.82, 2.24) is 4.90 Å². The average Bonchev–Trinajstić information content (AvgIpc) is 3.14. The van der Waals surface area contributed by atoms with E-state index in [0.717, 1.165) is 45.2 Å². The van der Waals surface area contributed by atoms with Gasteiger partial charge in [0.2, 0.25) is 0 Å². The minimum atomic E-state index is -0.247. The Morgan fingerprint density at radius 2 is 2.00 bits per heavy atom. The zero-order valence-corrected chi connectivity index (χ0v) is 20.8. The van der Waals surface area contributed by atoms with Crippen molar-refractivity contribution in [3.8, 4) is 0 Å². The van der Waals surface area contributed by atoms with E-state index in [2.05, 4.69) is 57.7 Å². The van der Waals surface area contributed by atoms with Crippen molar-refractivity contribution in [2.75, 3.05) is 13.1 Å². The number of nitrogens with zero attached hydrogens (tertiary/aromatic N) is 1. The number of aliphatic hydroxyl groups excluding tert-OH is 2. The molecule has 0 aromatic heterocycles. The molecule has 1 heterocycles. The van der Waals surface area contributed by atoms with Gasteiger partial charge < -0.3 is 10.2 Å². The first-order valence-electron chi connectivity index (χ1n) is 13.2. The van der Waals surface area contributed by atoms with E-state index >= 15 is 0 Å². The molecule has 3 aliphatic carbocycles. The van der Waals surface area contributed by atoms with Gasteiger partial charge in [0.15, 0.2) is 0 Å². The normalized spacial score (nSPS) is 40.3. The Kier molecular flexibility index (Phi) is 5.83. The Balaban J connectivity index is 1.45. The molecule has 8 unspecified atom stereocenters. The number of aliphatic hydroxyl groups is 2. The SMILES string of the molecule is CCN1CC(C)CC(O)C1C(C)c1ccc2c(c1C)CC1C2CC=C2CC(O)CCC21C. The summed E-state index contributed by atoms with van der Waals surface area (Å²) in [7, 11) is 0. The molecule has 2 fully saturated rings. The van der Waals surface area contributed by atoms with Crippen LogP contribution in [0.25, 0.3) is 0 Å². The van der Waals surface area contributed by atoms with Gasteiger partial charge in [0, 0.05) is 12.6 Å². The lowest BCUT2D eigenvalue weighted by atomic mass is 9.57. The molecule has 0 spiro atoms. The molecule has 0 radical (unpaired) electrons. The van der Waals surface area contributed by atoms with E-state index in [9.17, 15) is 10.2 Å². The highest BCUT2D eigenvalue weighted by Crippen LogP contribution is 2.60. The van der Waals surface area contributed by atoms with Crippen LogP contribution in [0.3, 0.4) is 0 Å². The minimum Gasteiger partial charge on any atom is -0.393 e. The van der Waals surface area contributed by atoms with Crippen molar-refractivity contribution in [2.45, 2.75) is 103 Å². The van der Waals surface area contributed by atoms with Gasteiger partial charge in [-0.2, -0.15) is 0 Å². The molecule has 1 aromatic rings. The molecule has 0 amide bonds. The summed E-state index contributed by atoms with van der Waals surface area (Å²) in [5, 5.41) is 21.3. The third kappa shape index (κ3) is 3.42. The number of likely N-dealkylation sites (N-methyl/N-ethyl adjacent to an activating group) is 1. The van der Waals surface area contributed by atoms with Crippen LogP contribution in [0.5, 0.6) is 0 Å². The van der Waals surface area contributed by atoms with E-state index in [1.54, 1.807) is 11.1 Å². The van der Waals surface area contributed by atoms with Crippen LogP contribution in [-0.2, 0) is 6.42 Å². The molecule has 2 N–H and O–H groups in total. The monoisotopic (exact) mass is 437 g/mol. The van der Waals surface area contributed by atoms with Crippen molar-refractivity contribution in [2.24, 2.45) is 17.3 Å². The van der Waals surface area contributed by atoms with E-state index in [0.29, 0.717) is 23.7 Å². The third-order valence-electron chi connectivity index (χ3n) is 10.0. The van der Waals surface area contributed by atoms with Gasteiger partial charge in [-0.25, -0.2) is 0 Å². The summed E-state index contributed by atoms with van der Waals surface area (Å²) in [5.41, 5.74) is 7.86. The fourth-order valence-electron chi connectivity index (χ4n) is 8.24. The van der Waals surface area contributed by atoms with Gasteiger partial charge in [-0.05, 0) is 103 Å². The van der Waals surface area contributed by atoms with Crippen LogP contribution in [0.4, 0.5) is 0 Å². The number of likely N-dealkylation sites (tertiary alicyclic amines) is 1.